The number of carbonyl (C=O) groups excluding carboxylic acids is 1. The Morgan fingerprint density at radius 2 is 1.82 bits per heavy atom. The van der Waals surface area contributed by atoms with Gasteiger partial charge in [0.2, 0.25) is 5.91 Å². The Balaban J connectivity index is 4.73. The number of amides is 1. The second kappa shape index (κ2) is 4.01. The van der Waals surface area contributed by atoms with Crippen molar-refractivity contribution >= 4 is 5.91 Å². The van der Waals surface area contributed by atoms with Crippen LogP contribution in [0.25, 0.3) is 0 Å². The molecule has 0 aliphatic carbocycles. The topological polar surface area (TPSA) is 69.1 Å². The molecule has 0 heterocycles. The van der Waals surface area contributed by atoms with Crippen molar-refractivity contribution in [1.82, 2.24) is 0 Å². The molecule has 0 bridgehead atoms. The molecule has 3 nitrogen and oxygen atoms in total. The van der Waals surface area contributed by atoms with Gasteiger partial charge in [0.05, 0.1) is 0 Å². The summed E-state index contributed by atoms with van der Waals surface area (Å²) in [6.07, 6.45) is 0.677. The highest BCUT2D eigenvalue weighted by molar-refractivity contribution is 5.92. The Bertz CT molecular complexity index is 183. The van der Waals surface area contributed by atoms with Crippen molar-refractivity contribution < 1.29 is 4.79 Å². The molecule has 3 heteroatoms. The van der Waals surface area contributed by atoms with Crippen molar-refractivity contribution in [3.8, 4) is 0 Å². The first-order valence-corrected chi connectivity index (χ1v) is 3.79. The van der Waals surface area contributed by atoms with Gasteiger partial charge >= 0.3 is 0 Å². The summed E-state index contributed by atoms with van der Waals surface area (Å²) in [6.45, 7) is 5.71. The highest BCUT2D eigenvalue weighted by Crippen LogP contribution is 2.12. The Morgan fingerprint density at radius 1 is 1.36 bits per heavy atom. The van der Waals surface area contributed by atoms with E-state index in [1.165, 1.54) is 0 Å². The highest BCUT2D eigenvalue weighted by atomic mass is 16.1. The van der Waals surface area contributed by atoms with Gasteiger partial charge < -0.3 is 11.5 Å². The van der Waals surface area contributed by atoms with Crippen molar-refractivity contribution in [3.05, 3.63) is 11.3 Å². The standard InChI is InChI=1S/C8H16N2O/c1-4-6(9)7(5(2)3)8(10)11/h5H,4,9H2,1-3H3,(H2,10,11). The first-order chi connectivity index (χ1) is 5.00. The monoisotopic (exact) mass is 156 g/mol. The summed E-state index contributed by atoms with van der Waals surface area (Å²) in [7, 11) is 0. The number of nitrogens with two attached hydrogens (primary N) is 2. The van der Waals surface area contributed by atoms with E-state index >= 15 is 0 Å². The summed E-state index contributed by atoms with van der Waals surface area (Å²) in [5.74, 6) is -0.285. The molecule has 0 saturated carbocycles. The predicted octanol–water partition coefficient (Wildman–Crippen LogP) is 0.750. The third-order valence-electron chi connectivity index (χ3n) is 1.57. The zero-order valence-electron chi connectivity index (χ0n) is 7.35. The van der Waals surface area contributed by atoms with Crippen LogP contribution in [0.1, 0.15) is 27.2 Å². The zero-order chi connectivity index (χ0) is 9.02. The van der Waals surface area contributed by atoms with Gasteiger partial charge in [-0.05, 0) is 12.3 Å². The molecule has 1 amide bonds. The summed E-state index contributed by atoms with van der Waals surface area (Å²) in [5, 5.41) is 0. The quantitative estimate of drug-likeness (QED) is 0.592. The predicted molar refractivity (Wildman–Crippen MR) is 45.5 cm³/mol. The van der Waals surface area contributed by atoms with Gasteiger partial charge in [-0.25, -0.2) is 0 Å². The molecule has 0 saturated heterocycles. The van der Waals surface area contributed by atoms with Gasteiger partial charge in [0.15, 0.2) is 0 Å². The summed E-state index contributed by atoms with van der Waals surface area (Å²) in [5.41, 5.74) is 11.9. The number of rotatable bonds is 3. The average molecular weight is 156 g/mol. The summed E-state index contributed by atoms with van der Waals surface area (Å²) >= 11 is 0. The van der Waals surface area contributed by atoms with Crippen LogP contribution in [0, 0.1) is 5.92 Å². The molecule has 0 aliphatic rings. The normalized spacial score (nSPS) is 13.1. The lowest BCUT2D eigenvalue weighted by Gasteiger charge is -2.10. The van der Waals surface area contributed by atoms with E-state index in [0.717, 1.165) is 0 Å². The van der Waals surface area contributed by atoms with Crippen LogP contribution in [0.5, 0.6) is 0 Å². The van der Waals surface area contributed by atoms with E-state index in [1.807, 2.05) is 20.8 Å². The largest absolute Gasteiger partial charge is 0.402 e. The molecular formula is C8H16N2O. The Morgan fingerprint density at radius 3 is 1.91 bits per heavy atom. The van der Waals surface area contributed by atoms with Crippen molar-refractivity contribution in [2.45, 2.75) is 27.2 Å². The maximum Gasteiger partial charge on any atom is 0.246 e. The maximum absolute atomic E-state index is 10.8. The SMILES string of the molecule is CCC(N)=C(C(N)=O)C(C)C. The molecule has 0 aromatic carbocycles. The fourth-order valence-electron chi connectivity index (χ4n) is 1.00. The van der Waals surface area contributed by atoms with Crippen LogP contribution in [0.2, 0.25) is 0 Å². The molecular weight excluding hydrogens is 140 g/mol. The smallest absolute Gasteiger partial charge is 0.246 e. The van der Waals surface area contributed by atoms with E-state index in [1.54, 1.807) is 0 Å². The lowest BCUT2D eigenvalue weighted by molar-refractivity contribution is -0.115. The molecule has 0 radical (unpaired) electrons. The molecule has 0 unspecified atom stereocenters. The third kappa shape index (κ3) is 2.62. The number of hydrogen-bond acceptors (Lipinski definition) is 2. The number of allylic oxidation sites excluding steroid dienone is 1. The van der Waals surface area contributed by atoms with Crippen molar-refractivity contribution in [2.24, 2.45) is 17.4 Å². The molecule has 0 aliphatic heterocycles. The van der Waals surface area contributed by atoms with Gasteiger partial charge in [0, 0.05) is 11.3 Å². The fourth-order valence-corrected chi connectivity index (χ4v) is 1.00. The molecule has 0 atom stereocenters. The lowest BCUT2D eigenvalue weighted by Crippen LogP contribution is -2.22. The van der Waals surface area contributed by atoms with E-state index < -0.39 is 5.91 Å². The number of hydrogen-bond donors (Lipinski definition) is 2. The second-order valence-corrected chi connectivity index (χ2v) is 2.81. The second-order valence-electron chi connectivity index (χ2n) is 2.81. The van der Waals surface area contributed by atoms with Gasteiger partial charge in [0.25, 0.3) is 0 Å². The third-order valence-corrected chi connectivity index (χ3v) is 1.57. The molecule has 4 N–H and O–H groups in total. The van der Waals surface area contributed by atoms with Crippen LogP contribution < -0.4 is 11.5 Å². The fraction of sp³-hybridized carbons (Fsp3) is 0.625. The van der Waals surface area contributed by atoms with Gasteiger partial charge in [0.1, 0.15) is 0 Å². The minimum absolute atomic E-state index is 0.118. The Labute approximate surface area is 67.4 Å². The average Bonchev–Trinajstić information content (AvgIpc) is 1.85. The van der Waals surface area contributed by atoms with Crippen LogP contribution in [-0.2, 0) is 4.79 Å². The first kappa shape index (κ1) is 10.0. The van der Waals surface area contributed by atoms with Crippen molar-refractivity contribution in [2.75, 3.05) is 0 Å². The molecule has 0 aromatic rings. The van der Waals surface area contributed by atoms with Gasteiger partial charge in [-0.15, -0.1) is 0 Å². The molecule has 0 fully saturated rings. The lowest BCUT2D eigenvalue weighted by atomic mass is 9.99. The molecule has 0 rings (SSSR count). The summed E-state index contributed by atoms with van der Waals surface area (Å²) < 4.78 is 0. The van der Waals surface area contributed by atoms with Gasteiger partial charge in [-0.1, -0.05) is 20.8 Å². The molecule has 0 aromatic heterocycles. The van der Waals surface area contributed by atoms with Crippen LogP contribution in [-0.4, -0.2) is 5.91 Å². The van der Waals surface area contributed by atoms with Crippen LogP contribution >= 0.6 is 0 Å². The first-order valence-electron chi connectivity index (χ1n) is 3.79. The minimum atomic E-state index is -0.403. The van der Waals surface area contributed by atoms with E-state index in [4.69, 9.17) is 11.5 Å². The highest BCUT2D eigenvalue weighted by Gasteiger charge is 2.12. The maximum atomic E-state index is 10.8. The molecule has 0 spiro atoms. The van der Waals surface area contributed by atoms with E-state index in [-0.39, 0.29) is 5.92 Å². The van der Waals surface area contributed by atoms with E-state index in [0.29, 0.717) is 17.7 Å². The van der Waals surface area contributed by atoms with Crippen LogP contribution in [0.15, 0.2) is 11.3 Å². The number of primary amides is 1. The van der Waals surface area contributed by atoms with Gasteiger partial charge in [-0.3, -0.25) is 4.79 Å². The summed E-state index contributed by atoms with van der Waals surface area (Å²) in [6, 6.07) is 0. The molecule has 11 heavy (non-hydrogen) atoms. The number of carbonyl (C=O) groups is 1. The van der Waals surface area contributed by atoms with Crippen molar-refractivity contribution in [3.63, 3.8) is 0 Å². The van der Waals surface area contributed by atoms with Crippen LogP contribution in [0.4, 0.5) is 0 Å². The zero-order valence-corrected chi connectivity index (χ0v) is 7.35. The van der Waals surface area contributed by atoms with Crippen LogP contribution in [0.3, 0.4) is 0 Å². The van der Waals surface area contributed by atoms with E-state index in [9.17, 15) is 4.79 Å². The summed E-state index contributed by atoms with van der Waals surface area (Å²) in [4.78, 5) is 10.8. The Kier molecular flexibility index (Phi) is 3.65. The van der Waals surface area contributed by atoms with Gasteiger partial charge in [-0.2, -0.15) is 0 Å². The van der Waals surface area contributed by atoms with E-state index in [2.05, 4.69) is 0 Å². The molecule has 64 valence electrons. The Hall–Kier alpha value is -0.990. The minimum Gasteiger partial charge on any atom is -0.402 e. The van der Waals surface area contributed by atoms with Crippen molar-refractivity contribution in [1.29, 1.82) is 0 Å².